The number of nitrogens with zero attached hydrogens (tertiary/aromatic N) is 3. The van der Waals surface area contributed by atoms with Gasteiger partial charge in [-0.15, -0.1) is 11.3 Å². The second-order valence-electron chi connectivity index (χ2n) is 5.34. The van der Waals surface area contributed by atoms with Crippen LogP contribution < -0.4 is 5.32 Å². The highest BCUT2D eigenvalue weighted by molar-refractivity contribution is 7.15. The minimum Gasteiger partial charge on any atom is -0.337 e. The molecule has 0 unspecified atom stereocenters. The average Bonchev–Trinajstić information content (AvgIpc) is 3.04. The van der Waals surface area contributed by atoms with E-state index >= 15 is 0 Å². The molecule has 2 heterocycles. The highest BCUT2D eigenvalue weighted by atomic mass is 32.1. The lowest BCUT2D eigenvalue weighted by Crippen LogP contribution is -2.14. The van der Waals surface area contributed by atoms with Crippen LogP contribution in [0.5, 0.6) is 0 Å². The van der Waals surface area contributed by atoms with Gasteiger partial charge in [-0.3, -0.25) is 4.79 Å². The minimum atomic E-state index is 0.0119. The number of anilines is 1. The number of hydrogen-bond donors (Lipinski definition) is 1. The van der Waals surface area contributed by atoms with Gasteiger partial charge < -0.3 is 9.88 Å². The molecule has 106 valence electrons. The van der Waals surface area contributed by atoms with E-state index in [0.29, 0.717) is 13.0 Å². The van der Waals surface area contributed by atoms with Gasteiger partial charge in [0, 0.05) is 30.2 Å². The van der Waals surface area contributed by atoms with Crippen molar-refractivity contribution in [1.29, 1.82) is 0 Å². The Morgan fingerprint density at radius 2 is 2.50 bits per heavy atom. The zero-order chi connectivity index (χ0) is 13.9. The first kappa shape index (κ1) is 13.3. The predicted molar refractivity (Wildman–Crippen MR) is 78.8 cm³/mol. The van der Waals surface area contributed by atoms with Crippen molar-refractivity contribution in [1.82, 2.24) is 14.5 Å². The number of fused-ring (bicyclic) bond motifs is 1. The van der Waals surface area contributed by atoms with Crippen LogP contribution in [0.4, 0.5) is 5.13 Å². The first-order valence-electron chi connectivity index (χ1n) is 6.95. The highest BCUT2D eigenvalue weighted by Crippen LogP contribution is 2.32. The van der Waals surface area contributed by atoms with E-state index in [4.69, 9.17) is 0 Å². The van der Waals surface area contributed by atoms with Crippen molar-refractivity contribution in [2.24, 2.45) is 5.92 Å². The molecular formula is C14H18N4OS. The number of amides is 1. The van der Waals surface area contributed by atoms with E-state index in [1.165, 1.54) is 17.0 Å². The fourth-order valence-corrected chi connectivity index (χ4v) is 3.61. The molecule has 5 nitrogen and oxygen atoms in total. The van der Waals surface area contributed by atoms with Crippen molar-refractivity contribution in [3.8, 4) is 0 Å². The molecule has 2 aromatic rings. The fraction of sp³-hybridized carbons (Fsp3) is 0.500. The Hall–Kier alpha value is -1.69. The summed E-state index contributed by atoms with van der Waals surface area (Å²) in [6.07, 6.45) is 9.07. The van der Waals surface area contributed by atoms with Gasteiger partial charge in [0.1, 0.15) is 0 Å². The molecule has 0 spiro atoms. The molecule has 1 N–H and O–H groups in total. The topological polar surface area (TPSA) is 59.8 Å². The Morgan fingerprint density at radius 3 is 3.30 bits per heavy atom. The Morgan fingerprint density at radius 1 is 1.60 bits per heavy atom. The molecule has 0 bridgehead atoms. The Labute approximate surface area is 122 Å². The molecule has 1 aliphatic rings. The minimum absolute atomic E-state index is 0.0119. The Bertz CT molecular complexity index is 590. The van der Waals surface area contributed by atoms with E-state index in [1.54, 1.807) is 23.9 Å². The number of carbonyl (C=O) groups is 1. The van der Waals surface area contributed by atoms with Crippen molar-refractivity contribution in [3.05, 3.63) is 29.3 Å². The lowest BCUT2D eigenvalue weighted by Gasteiger charge is -2.15. The first-order valence-corrected chi connectivity index (χ1v) is 7.76. The molecule has 20 heavy (non-hydrogen) atoms. The number of imidazole rings is 1. The second kappa shape index (κ2) is 5.75. The third kappa shape index (κ3) is 3.07. The lowest BCUT2D eigenvalue weighted by atomic mass is 9.93. The van der Waals surface area contributed by atoms with Gasteiger partial charge in [0.15, 0.2) is 5.13 Å². The smallest absolute Gasteiger partial charge is 0.227 e. The van der Waals surface area contributed by atoms with Gasteiger partial charge in [0.2, 0.25) is 5.91 Å². The first-order chi connectivity index (χ1) is 9.70. The SMILES string of the molecule is C[C@@H]1CCc2nc(NC(=O)CCn3ccnc3)sc2C1. The van der Waals surface area contributed by atoms with E-state index < -0.39 is 0 Å². The van der Waals surface area contributed by atoms with Crippen LogP contribution in [0.2, 0.25) is 0 Å². The number of carbonyl (C=O) groups excluding carboxylic acids is 1. The van der Waals surface area contributed by atoms with Crippen molar-refractivity contribution in [3.63, 3.8) is 0 Å². The molecule has 6 heteroatoms. The van der Waals surface area contributed by atoms with Crippen LogP contribution in [0.25, 0.3) is 0 Å². The second-order valence-corrected chi connectivity index (χ2v) is 6.42. The molecule has 1 aliphatic carbocycles. The Kier molecular flexibility index (Phi) is 3.82. The third-order valence-electron chi connectivity index (χ3n) is 3.59. The van der Waals surface area contributed by atoms with Gasteiger partial charge in [0.25, 0.3) is 0 Å². The molecule has 3 rings (SSSR count). The maximum atomic E-state index is 11.9. The molecule has 0 aromatic carbocycles. The molecular weight excluding hydrogens is 272 g/mol. The molecule has 1 atom stereocenters. The molecule has 0 saturated heterocycles. The number of thiazole rings is 1. The van der Waals surface area contributed by atoms with Crippen molar-refractivity contribution < 1.29 is 4.79 Å². The van der Waals surface area contributed by atoms with Crippen LogP contribution in [0.15, 0.2) is 18.7 Å². The molecule has 0 saturated carbocycles. The number of nitrogens with one attached hydrogen (secondary N) is 1. The van der Waals surface area contributed by atoms with Crippen LogP contribution in [-0.4, -0.2) is 20.4 Å². The fourth-order valence-electron chi connectivity index (χ4n) is 2.42. The van der Waals surface area contributed by atoms with Crippen LogP contribution in [-0.2, 0) is 24.2 Å². The summed E-state index contributed by atoms with van der Waals surface area (Å²) in [5.74, 6) is 0.741. The largest absolute Gasteiger partial charge is 0.337 e. The number of rotatable bonds is 4. The standard InChI is InChI=1S/C14H18N4OS/c1-10-2-3-11-12(8-10)20-14(16-11)17-13(19)4-6-18-7-5-15-9-18/h5,7,9-10H,2-4,6,8H2,1H3,(H,16,17,19)/t10-/m1/s1. The van der Waals surface area contributed by atoms with Crippen molar-refractivity contribution in [2.45, 2.75) is 39.2 Å². The Balaban J connectivity index is 1.56. The summed E-state index contributed by atoms with van der Waals surface area (Å²) in [7, 11) is 0. The summed E-state index contributed by atoms with van der Waals surface area (Å²) in [5.41, 5.74) is 1.18. The number of hydrogen-bond acceptors (Lipinski definition) is 4. The summed E-state index contributed by atoms with van der Waals surface area (Å²) >= 11 is 1.63. The predicted octanol–water partition coefficient (Wildman–Crippen LogP) is 2.49. The molecule has 0 radical (unpaired) electrons. The number of aromatic nitrogens is 3. The summed E-state index contributed by atoms with van der Waals surface area (Å²) in [4.78, 5) is 21.7. The maximum absolute atomic E-state index is 11.9. The summed E-state index contributed by atoms with van der Waals surface area (Å²) < 4.78 is 1.90. The summed E-state index contributed by atoms with van der Waals surface area (Å²) in [6.45, 7) is 2.92. The van der Waals surface area contributed by atoms with E-state index in [9.17, 15) is 4.79 Å². The third-order valence-corrected chi connectivity index (χ3v) is 4.62. The van der Waals surface area contributed by atoms with Gasteiger partial charge in [-0.25, -0.2) is 9.97 Å². The molecule has 0 fully saturated rings. The zero-order valence-corrected chi connectivity index (χ0v) is 12.3. The summed E-state index contributed by atoms with van der Waals surface area (Å²) in [5, 5.41) is 3.66. The molecule has 0 aliphatic heterocycles. The van der Waals surface area contributed by atoms with Crippen LogP contribution in [0.1, 0.15) is 30.3 Å². The normalized spacial score (nSPS) is 17.8. The van der Waals surface area contributed by atoms with Crippen LogP contribution in [0, 0.1) is 5.92 Å². The molecule has 1 amide bonds. The van der Waals surface area contributed by atoms with Crippen LogP contribution in [0.3, 0.4) is 0 Å². The maximum Gasteiger partial charge on any atom is 0.227 e. The van der Waals surface area contributed by atoms with E-state index in [0.717, 1.165) is 23.9 Å². The average molecular weight is 290 g/mol. The quantitative estimate of drug-likeness (QED) is 0.941. The van der Waals surface area contributed by atoms with E-state index in [2.05, 4.69) is 22.2 Å². The van der Waals surface area contributed by atoms with Gasteiger partial charge >= 0.3 is 0 Å². The number of aryl methyl sites for hydroxylation is 2. The van der Waals surface area contributed by atoms with Gasteiger partial charge in [-0.05, 0) is 25.2 Å². The molecule has 2 aromatic heterocycles. The van der Waals surface area contributed by atoms with Gasteiger partial charge in [-0.1, -0.05) is 6.92 Å². The monoisotopic (exact) mass is 290 g/mol. The van der Waals surface area contributed by atoms with E-state index in [-0.39, 0.29) is 5.91 Å². The summed E-state index contributed by atoms with van der Waals surface area (Å²) in [6, 6.07) is 0. The van der Waals surface area contributed by atoms with Crippen molar-refractivity contribution >= 4 is 22.4 Å². The van der Waals surface area contributed by atoms with Crippen LogP contribution >= 0.6 is 11.3 Å². The van der Waals surface area contributed by atoms with Gasteiger partial charge in [-0.2, -0.15) is 0 Å². The van der Waals surface area contributed by atoms with Gasteiger partial charge in [0.05, 0.1) is 12.0 Å². The van der Waals surface area contributed by atoms with E-state index in [1.807, 2.05) is 10.8 Å². The zero-order valence-electron chi connectivity index (χ0n) is 11.5. The lowest BCUT2D eigenvalue weighted by molar-refractivity contribution is -0.116. The highest BCUT2D eigenvalue weighted by Gasteiger charge is 2.20. The van der Waals surface area contributed by atoms with Crippen molar-refractivity contribution in [2.75, 3.05) is 5.32 Å².